The maximum atomic E-state index is 13.0. The third kappa shape index (κ3) is 2.66. The number of benzene rings is 2. The molecule has 0 aliphatic heterocycles. The van der Waals surface area contributed by atoms with Crippen molar-refractivity contribution in [2.45, 2.75) is 0 Å². The number of halogens is 1. The van der Waals surface area contributed by atoms with Crippen molar-refractivity contribution >= 4 is 11.4 Å². The molecule has 2 aromatic carbocycles. The second kappa shape index (κ2) is 4.74. The zero-order chi connectivity index (χ0) is 12.3. The van der Waals surface area contributed by atoms with Gasteiger partial charge < -0.3 is 15.8 Å². The van der Waals surface area contributed by atoms with E-state index in [1.807, 2.05) is 6.07 Å². The van der Waals surface area contributed by atoms with Gasteiger partial charge in [0.2, 0.25) is 0 Å². The maximum Gasteiger partial charge on any atom is 0.152 e. The van der Waals surface area contributed by atoms with Gasteiger partial charge in [0.1, 0.15) is 11.6 Å². The monoisotopic (exact) mass is 232 g/mol. The molecule has 17 heavy (non-hydrogen) atoms. The average molecular weight is 232 g/mol. The van der Waals surface area contributed by atoms with Gasteiger partial charge in [0, 0.05) is 24.9 Å². The number of rotatable bonds is 3. The lowest BCUT2D eigenvalue weighted by molar-refractivity contribution is 0.479. The van der Waals surface area contributed by atoms with Crippen molar-refractivity contribution in [2.24, 2.45) is 0 Å². The van der Waals surface area contributed by atoms with Gasteiger partial charge in [0.15, 0.2) is 5.75 Å². The van der Waals surface area contributed by atoms with Crippen LogP contribution in [0.1, 0.15) is 0 Å². The molecule has 0 bridgehead atoms. The number of nitrogen functional groups attached to an aromatic ring is 1. The Morgan fingerprint density at radius 2 is 2.00 bits per heavy atom. The Balaban J connectivity index is 2.32. The predicted molar refractivity (Wildman–Crippen MR) is 66.9 cm³/mol. The summed E-state index contributed by atoms with van der Waals surface area (Å²) in [5, 5.41) is 2.98. The number of nitrogens with two attached hydrogens (primary N) is 1. The van der Waals surface area contributed by atoms with Crippen molar-refractivity contribution in [2.75, 3.05) is 18.1 Å². The fraction of sp³-hybridized carbons (Fsp3) is 0.0769. The molecule has 0 amide bonds. The van der Waals surface area contributed by atoms with Crippen molar-refractivity contribution in [3.05, 3.63) is 48.3 Å². The van der Waals surface area contributed by atoms with Crippen LogP contribution in [-0.2, 0) is 0 Å². The predicted octanol–water partition coefficient (Wildman–Crippen LogP) is 3.24. The van der Waals surface area contributed by atoms with Crippen molar-refractivity contribution in [1.82, 2.24) is 0 Å². The van der Waals surface area contributed by atoms with Crippen molar-refractivity contribution < 1.29 is 9.13 Å². The highest BCUT2D eigenvalue weighted by atomic mass is 19.1. The summed E-state index contributed by atoms with van der Waals surface area (Å²) < 4.78 is 18.6. The second-order valence-electron chi connectivity index (χ2n) is 3.57. The molecule has 3 nitrogen and oxygen atoms in total. The van der Waals surface area contributed by atoms with Crippen LogP contribution in [0.15, 0.2) is 42.5 Å². The molecule has 0 heterocycles. The molecule has 0 spiro atoms. The second-order valence-corrected chi connectivity index (χ2v) is 3.57. The summed E-state index contributed by atoms with van der Waals surface area (Å²) in [7, 11) is 1.78. The molecule has 0 radical (unpaired) electrons. The Bertz CT molecular complexity index is 529. The van der Waals surface area contributed by atoms with Gasteiger partial charge in [0.05, 0.1) is 5.69 Å². The highest BCUT2D eigenvalue weighted by Gasteiger charge is 2.05. The Morgan fingerprint density at radius 3 is 2.71 bits per heavy atom. The van der Waals surface area contributed by atoms with Crippen LogP contribution in [0.25, 0.3) is 0 Å². The van der Waals surface area contributed by atoms with Crippen LogP contribution in [0.2, 0.25) is 0 Å². The molecule has 0 aromatic heterocycles. The topological polar surface area (TPSA) is 47.3 Å². The molecule has 0 saturated heterocycles. The van der Waals surface area contributed by atoms with Crippen LogP contribution in [0.4, 0.5) is 15.8 Å². The van der Waals surface area contributed by atoms with Gasteiger partial charge in [-0.1, -0.05) is 6.07 Å². The average Bonchev–Trinajstić information content (AvgIpc) is 2.29. The van der Waals surface area contributed by atoms with Crippen LogP contribution in [0.5, 0.6) is 11.5 Å². The number of nitrogens with one attached hydrogen (secondary N) is 1. The molecule has 0 aliphatic carbocycles. The Labute approximate surface area is 99.0 Å². The number of hydrogen-bond acceptors (Lipinski definition) is 3. The van der Waals surface area contributed by atoms with Crippen LogP contribution in [-0.4, -0.2) is 7.05 Å². The third-order valence-electron chi connectivity index (χ3n) is 2.30. The van der Waals surface area contributed by atoms with Gasteiger partial charge >= 0.3 is 0 Å². The number of hydrogen-bond donors (Lipinski definition) is 2. The quantitative estimate of drug-likeness (QED) is 0.798. The molecule has 2 rings (SSSR count). The molecule has 2 aromatic rings. The molecule has 0 saturated carbocycles. The maximum absolute atomic E-state index is 13.0. The lowest BCUT2D eigenvalue weighted by atomic mass is 10.2. The minimum Gasteiger partial charge on any atom is -0.455 e. The molecule has 0 atom stereocenters. The highest BCUT2D eigenvalue weighted by molar-refractivity contribution is 5.63. The van der Waals surface area contributed by atoms with E-state index in [4.69, 9.17) is 10.5 Å². The fourth-order valence-corrected chi connectivity index (χ4v) is 1.49. The van der Waals surface area contributed by atoms with Gasteiger partial charge in [-0.25, -0.2) is 4.39 Å². The first-order valence-electron chi connectivity index (χ1n) is 5.20. The van der Waals surface area contributed by atoms with Crippen LogP contribution in [0, 0.1) is 5.82 Å². The summed E-state index contributed by atoms with van der Waals surface area (Å²) in [5.74, 6) is 0.669. The SMILES string of the molecule is CNc1ccc(N)cc1Oc1cccc(F)c1. The zero-order valence-electron chi connectivity index (χ0n) is 9.41. The fourth-order valence-electron chi connectivity index (χ4n) is 1.49. The zero-order valence-corrected chi connectivity index (χ0v) is 9.41. The minimum absolute atomic E-state index is 0.336. The van der Waals surface area contributed by atoms with E-state index in [1.54, 1.807) is 31.3 Å². The third-order valence-corrected chi connectivity index (χ3v) is 2.30. The van der Waals surface area contributed by atoms with E-state index in [1.165, 1.54) is 12.1 Å². The smallest absolute Gasteiger partial charge is 0.152 e. The molecular formula is C13H13FN2O. The minimum atomic E-state index is -0.336. The molecule has 0 unspecified atom stereocenters. The Morgan fingerprint density at radius 1 is 1.18 bits per heavy atom. The molecule has 0 fully saturated rings. The first kappa shape index (κ1) is 11.3. The summed E-state index contributed by atoms with van der Waals surface area (Å²) in [6.45, 7) is 0. The van der Waals surface area contributed by atoms with Gasteiger partial charge in [-0.05, 0) is 24.3 Å². The summed E-state index contributed by atoms with van der Waals surface area (Å²) in [4.78, 5) is 0. The van der Waals surface area contributed by atoms with Gasteiger partial charge in [-0.15, -0.1) is 0 Å². The van der Waals surface area contributed by atoms with Gasteiger partial charge in [-0.3, -0.25) is 0 Å². The lowest BCUT2D eigenvalue weighted by Crippen LogP contribution is -1.95. The van der Waals surface area contributed by atoms with Crippen LogP contribution >= 0.6 is 0 Å². The van der Waals surface area contributed by atoms with Crippen LogP contribution in [0.3, 0.4) is 0 Å². The van der Waals surface area contributed by atoms with E-state index < -0.39 is 0 Å². The van der Waals surface area contributed by atoms with Crippen molar-refractivity contribution in [1.29, 1.82) is 0 Å². The lowest BCUT2D eigenvalue weighted by Gasteiger charge is -2.11. The van der Waals surface area contributed by atoms with Crippen LogP contribution < -0.4 is 15.8 Å². The van der Waals surface area contributed by atoms with E-state index in [0.717, 1.165) is 5.69 Å². The Hall–Kier alpha value is -2.23. The first-order chi connectivity index (χ1) is 8.19. The van der Waals surface area contributed by atoms with E-state index in [9.17, 15) is 4.39 Å². The van der Waals surface area contributed by atoms with E-state index in [0.29, 0.717) is 17.2 Å². The Kier molecular flexibility index (Phi) is 3.14. The van der Waals surface area contributed by atoms with Crippen molar-refractivity contribution in [3.8, 4) is 11.5 Å². The molecule has 88 valence electrons. The normalized spacial score (nSPS) is 10.0. The summed E-state index contributed by atoms with van der Waals surface area (Å²) in [6.07, 6.45) is 0. The van der Waals surface area contributed by atoms with Crippen molar-refractivity contribution in [3.63, 3.8) is 0 Å². The summed E-state index contributed by atoms with van der Waals surface area (Å²) in [5.41, 5.74) is 7.07. The van der Waals surface area contributed by atoms with E-state index in [-0.39, 0.29) is 5.82 Å². The van der Waals surface area contributed by atoms with E-state index in [2.05, 4.69) is 5.32 Å². The molecule has 3 N–H and O–H groups in total. The highest BCUT2D eigenvalue weighted by Crippen LogP contribution is 2.31. The van der Waals surface area contributed by atoms with Gasteiger partial charge in [0.25, 0.3) is 0 Å². The molecule has 0 aliphatic rings. The van der Waals surface area contributed by atoms with E-state index >= 15 is 0 Å². The first-order valence-corrected chi connectivity index (χ1v) is 5.20. The van der Waals surface area contributed by atoms with Gasteiger partial charge in [-0.2, -0.15) is 0 Å². The standard InChI is InChI=1S/C13H13FN2O/c1-16-12-6-5-10(15)8-13(12)17-11-4-2-3-9(14)7-11/h2-8,16H,15H2,1H3. The largest absolute Gasteiger partial charge is 0.455 e. The summed E-state index contributed by atoms with van der Waals surface area (Å²) in [6, 6.07) is 11.2. The molecular weight excluding hydrogens is 219 g/mol. The molecule has 4 heteroatoms. The number of ether oxygens (including phenoxy) is 1. The summed E-state index contributed by atoms with van der Waals surface area (Å²) >= 11 is 0. The number of anilines is 2.